The van der Waals surface area contributed by atoms with E-state index in [1.807, 2.05) is 18.2 Å². The number of carbonyl (C=O) groups is 1. The molecule has 1 aliphatic heterocycles. The van der Waals surface area contributed by atoms with Gasteiger partial charge >= 0.3 is 0 Å². The van der Waals surface area contributed by atoms with E-state index in [4.69, 9.17) is 0 Å². The molecular formula is C19H20FN5O. The minimum atomic E-state index is -0.521. The van der Waals surface area contributed by atoms with Crippen LogP contribution in [-0.2, 0) is 4.79 Å². The zero-order valence-electron chi connectivity index (χ0n) is 14.5. The van der Waals surface area contributed by atoms with E-state index in [9.17, 15) is 9.18 Å². The SMILES string of the molecule is CN1CCC(C(=O)Nc2n[nH]c3ccc(-c4cccnc4F)cc23)CC1. The third-order valence-corrected chi connectivity index (χ3v) is 4.96. The van der Waals surface area contributed by atoms with Gasteiger partial charge in [0, 0.05) is 23.1 Å². The van der Waals surface area contributed by atoms with Gasteiger partial charge in [-0.3, -0.25) is 9.89 Å². The zero-order valence-corrected chi connectivity index (χ0v) is 14.5. The number of fused-ring (bicyclic) bond motifs is 1. The summed E-state index contributed by atoms with van der Waals surface area (Å²) in [6.07, 6.45) is 3.11. The fourth-order valence-electron chi connectivity index (χ4n) is 3.37. The number of hydrogen-bond acceptors (Lipinski definition) is 4. The van der Waals surface area contributed by atoms with Gasteiger partial charge in [0.1, 0.15) is 0 Å². The molecule has 3 aromatic rings. The van der Waals surface area contributed by atoms with Gasteiger partial charge in [0.05, 0.1) is 5.52 Å². The van der Waals surface area contributed by atoms with Crippen molar-refractivity contribution in [2.45, 2.75) is 12.8 Å². The Hall–Kier alpha value is -2.80. The average molecular weight is 353 g/mol. The zero-order chi connectivity index (χ0) is 18.1. The summed E-state index contributed by atoms with van der Waals surface area (Å²) in [5.74, 6) is -0.0521. The molecule has 7 heteroatoms. The number of carbonyl (C=O) groups excluding carboxylic acids is 1. The number of halogens is 1. The van der Waals surface area contributed by atoms with Crippen molar-refractivity contribution in [3.63, 3.8) is 0 Å². The lowest BCUT2D eigenvalue weighted by Crippen LogP contribution is -2.36. The number of anilines is 1. The van der Waals surface area contributed by atoms with Crippen LogP contribution in [0.15, 0.2) is 36.5 Å². The molecule has 6 nitrogen and oxygen atoms in total. The fourth-order valence-corrected chi connectivity index (χ4v) is 3.37. The van der Waals surface area contributed by atoms with Crippen LogP contribution >= 0.6 is 0 Å². The Labute approximate surface area is 150 Å². The van der Waals surface area contributed by atoms with Gasteiger partial charge in [-0.15, -0.1) is 0 Å². The molecule has 0 spiro atoms. The standard InChI is InChI=1S/C19H20FN5O/c1-25-9-6-12(7-10-25)19(26)22-18-15-11-13(4-5-16(15)23-24-18)14-3-2-8-21-17(14)20/h2-5,8,11-12H,6-7,9-10H2,1H3,(H2,22,23,24,26). The maximum Gasteiger partial charge on any atom is 0.228 e. The van der Waals surface area contributed by atoms with Crippen LogP contribution in [0.3, 0.4) is 0 Å². The average Bonchev–Trinajstić information content (AvgIpc) is 3.05. The lowest BCUT2D eigenvalue weighted by Gasteiger charge is -2.27. The summed E-state index contributed by atoms with van der Waals surface area (Å²) in [7, 11) is 2.06. The quantitative estimate of drug-likeness (QED) is 0.710. The Morgan fingerprint density at radius 1 is 1.31 bits per heavy atom. The second kappa shape index (κ2) is 6.84. The van der Waals surface area contributed by atoms with Gasteiger partial charge in [-0.05, 0) is 62.8 Å². The summed E-state index contributed by atoms with van der Waals surface area (Å²) in [5.41, 5.74) is 1.90. The van der Waals surface area contributed by atoms with E-state index in [0.29, 0.717) is 16.9 Å². The van der Waals surface area contributed by atoms with Gasteiger partial charge in [-0.2, -0.15) is 9.49 Å². The number of likely N-dealkylation sites (tertiary alicyclic amines) is 1. The third kappa shape index (κ3) is 3.17. The molecule has 0 aliphatic carbocycles. The third-order valence-electron chi connectivity index (χ3n) is 4.96. The van der Waals surface area contributed by atoms with E-state index < -0.39 is 5.95 Å². The van der Waals surface area contributed by atoms with Gasteiger partial charge in [-0.1, -0.05) is 6.07 Å². The summed E-state index contributed by atoms with van der Waals surface area (Å²) >= 11 is 0. The molecule has 134 valence electrons. The smallest absolute Gasteiger partial charge is 0.228 e. The van der Waals surface area contributed by atoms with Crippen LogP contribution in [0.5, 0.6) is 0 Å². The minimum absolute atomic E-state index is 0.00287. The first-order valence-electron chi connectivity index (χ1n) is 8.70. The normalized spacial score (nSPS) is 16.1. The molecule has 1 amide bonds. The molecule has 4 rings (SSSR count). The topological polar surface area (TPSA) is 73.9 Å². The van der Waals surface area contributed by atoms with Gasteiger partial charge in [0.25, 0.3) is 0 Å². The lowest BCUT2D eigenvalue weighted by atomic mass is 9.96. The van der Waals surface area contributed by atoms with Crippen molar-refractivity contribution in [3.8, 4) is 11.1 Å². The Bertz CT molecular complexity index is 946. The maximum absolute atomic E-state index is 14.0. The number of pyridine rings is 1. The second-order valence-corrected chi connectivity index (χ2v) is 6.74. The van der Waals surface area contributed by atoms with Gasteiger partial charge in [0.15, 0.2) is 5.82 Å². The van der Waals surface area contributed by atoms with E-state index in [-0.39, 0.29) is 11.8 Å². The summed E-state index contributed by atoms with van der Waals surface area (Å²) in [6.45, 7) is 1.84. The van der Waals surface area contributed by atoms with Crippen LogP contribution in [0.2, 0.25) is 0 Å². The first-order chi connectivity index (χ1) is 12.6. The molecule has 1 aromatic carbocycles. The van der Waals surface area contributed by atoms with E-state index in [1.165, 1.54) is 6.20 Å². The maximum atomic E-state index is 14.0. The van der Waals surface area contributed by atoms with Crippen molar-refractivity contribution < 1.29 is 9.18 Å². The summed E-state index contributed by atoms with van der Waals surface area (Å²) in [6, 6.07) is 8.84. The van der Waals surface area contributed by atoms with E-state index in [1.54, 1.807) is 12.1 Å². The van der Waals surface area contributed by atoms with Crippen LogP contribution in [0.4, 0.5) is 10.2 Å². The number of piperidine rings is 1. The highest BCUT2D eigenvalue weighted by molar-refractivity contribution is 6.01. The molecule has 2 aromatic heterocycles. The van der Waals surface area contributed by atoms with Crippen LogP contribution in [0, 0.1) is 11.9 Å². The summed E-state index contributed by atoms with van der Waals surface area (Å²) in [4.78, 5) is 18.5. The number of aromatic nitrogens is 3. The van der Waals surface area contributed by atoms with Gasteiger partial charge in [-0.25, -0.2) is 4.98 Å². The first kappa shape index (κ1) is 16.7. The van der Waals surface area contributed by atoms with Crippen molar-refractivity contribution >= 4 is 22.6 Å². The highest BCUT2D eigenvalue weighted by Gasteiger charge is 2.24. The van der Waals surface area contributed by atoms with Crippen molar-refractivity contribution in [1.29, 1.82) is 0 Å². The van der Waals surface area contributed by atoms with Gasteiger partial charge < -0.3 is 10.2 Å². The number of hydrogen-bond donors (Lipinski definition) is 2. The molecule has 26 heavy (non-hydrogen) atoms. The Morgan fingerprint density at radius 2 is 2.12 bits per heavy atom. The molecule has 1 aliphatic rings. The molecule has 0 bridgehead atoms. The predicted molar refractivity (Wildman–Crippen MR) is 98.1 cm³/mol. The van der Waals surface area contributed by atoms with Crippen molar-refractivity contribution in [2.24, 2.45) is 5.92 Å². The second-order valence-electron chi connectivity index (χ2n) is 6.74. The molecular weight excluding hydrogens is 333 g/mol. The summed E-state index contributed by atoms with van der Waals surface area (Å²) in [5, 5.41) is 10.8. The van der Waals surface area contributed by atoms with Gasteiger partial charge in [0.2, 0.25) is 11.9 Å². The monoisotopic (exact) mass is 353 g/mol. The number of rotatable bonds is 3. The molecule has 1 saturated heterocycles. The minimum Gasteiger partial charge on any atom is -0.308 e. The van der Waals surface area contributed by atoms with Crippen LogP contribution in [-0.4, -0.2) is 46.1 Å². The number of H-pyrrole nitrogens is 1. The van der Waals surface area contributed by atoms with Crippen LogP contribution < -0.4 is 5.32 Å². The number of aromatic amines is 1. The predicted octanol–water partition coefficient (Wildman–Crippen LogP) is 3.04. The van der Waals surface area contributed by atoms with E-state index in [0.717, 1.165) is 36.8 Å². The molecule has 2 N–H and O–H groups in total. The lowest BCUT2D eigenvalue weighted by molar-refractivity contribution is -0.121. The Kier molecular flexibility index (Phi) is 4.38. The van der Waals surface area contributed by atoms with Crippen molar-refractivity contribution in [3.05, 3.63) is 42.5 Å². The van der Waals surface area contributed by atoms with Crippen molar-refractivity contribution in [1.82, 2.24) is 20.1 Å². The molecule has 3 heterocycles. The van der Waals surface area contributed by atoms with E-state index in [2.05, 4.69) is 32.4 Å². The Morgan fingerprint density at radius 3 is 2.88 bits per heavy atom. The molecule has 0 atom stereocenters. The highest BCUT2D eigenvalue weighted by Crippen LogP contribution is 2.29. The van der Waals surface area contributed by atoms with E-state index >= 15 is 0 Å². The molecule has 0 radical (unpaired) electrons. The number of benzene rings is 1. The number of nitrogens with one attached hydrogen (secondary N) is 2. The molecule has 1 fully saturated rings. The Balaban J connectivity index is 1.61. The number of nitrogens with zero attached hydrogens (tertiary/aromatic N) is 3. The molecule has 0 unspecified atom stereocenters. The van der Waals surface area contributed by atoms with Crippen molar-refractivity contribution in [2.75, 3.05) is 25.5 Å². The van der Waals surface area contributed by atoms with Crippen LogP contribution in [0.25, 0.3) is 22.0 Å². The highest BCUT2D eigenvalue weighted by atomic mass is 19.1. The first-order valence-corrected chi connectivity index (χ1v) is 8.70. The largest absolute Gasteiger partial charge is 0.308 e. The number of amides is 1. The summed E-state index contributed by atoms with van der Waals surface area (Å²) < 4.78 is 14.0. The fraction of sp³-hybridized carbons (Fsp3) is 0.316. The molecule has 0 saturated carbocycles. The van der Waals surface area contributed by atoms with Crippen LogP contribution in [0.1, 0.15) is 12.8 Å².